The summed E-state index contributed by atoms with van der Waals surface area (Å²) in [6.07, 6.45) is 5.14. The van der Waals surface area contributed by atoms with E-state index in [2.05, 4.69) is 43.3 Å². The molecular formula is C6H18B6. The van der Waals surface area contributed by atoms with Crippen LogP contribution in [0, 0.1) is 0 Å². The molecule has 0 nitrogen and oxygen atoms in total. The van der Waals surface area contributed by atoms with Gasteiger partial charge in [-0.15, -0.1) is 12.0 Å². The fraction of sp³-hybridized carbons (Fsp3) is 0.667. The maximum absolute atomic E-state index is 2.41. The molecular weight excluding hydrogens is 137 g/mol. The van der Waals surface area contributed by atoms with Crippen molar-refractivity contribution in [3.8, 4) is 0 Å². The van der Waals surface area contributed by atoms with Gasteiger partial charge in [0, 0.05) is 0 Å². The van der Waals surface area contributed by atoms with Crippen LogP contribution in [0.2, 0.25) is 24.9 Å². The van der Waals surface area contributed by atoms with Gasteiger partial charge in [0.25, 0.3) is 0 Å². The molecule has 12 heavy (non-hydrogen) atoms. The zero-order valence-corrected chi connectivity index (χ0v) is 9.14. The molecule has 0 heterocycles. The summed E-state index contributed by atoms with van der Waals surface area (Å²) in [4.78, 5) is 0. The molecule has 60 valence electrons. The zero-order chi connectivity index (χ0) is 9.40. The molecule has 0 rings (SSSR count). The van der Waals surface area contributed by atoms with E-state index in [0.717, 1.165) is 13.4 Å². The highest BCUT2D eigenvalue weighted by Crippen LogP contribution is 2.00. The Morgan fingerprint density at radius 3 is 1.08 bits per heavy atom. The van der Waals surface area contributed by atoms with Crippen LogP contribution >= 0.6 is 0 Å². The molecule has 0 unspecified atom stereocenters. The molecule has 0 amide bonds. The molecule has 0 fully saturated rings. The van der Waals surface area contributed by atoms with Crippen molar-refractivity contribution in [1.82, 2.24) is 0 Å². The minimum Gasteiger partial charge on any atom is -0.129 e. The van der Waals surface area contributed by atoms with Crippen LogP contribution in [0.1, 0.15) is 0 Å². The molecule has 6 heteroatoms. The average molecular weight is 155 g/mol. The van der Waals surface area contributed by atoms with E-state index in [-0.39, 0.29) is 0 Å². The predicted octanol–water partition coefficient (Wildman–Crippen LogP) is -2.03. The van der Waals surface area contributed by atoms with Crippen molar-refractivity contribution in [2.45, 2.75) is 24.9 Å². The molecule has 0 N–H and O–H groups in total. The van der Waals surface area contributed by atoms with Crippen LogP contribution in [0.5, 0.6) is 0 Å². The third-order valence-corrected chi connectivity index (χ3v) is 2.75. The van der Waals surface area contributed by atoms with E-state index < -0.39 is 0 Å². The van der Waals surface area contributed by atoms with Gasteiger partial charge in [-0.1, -0.05) is 24.9 Å². The fourth-order valence-corrected chi connectivity index (χ4v) is 1.44. The van der Waals surface area contributed by atoms with Crippen molar-refractivity contribution < 1.29 is 0 Å². The molecule has 0 saturated heterocycles. The monoisotopic (exact) mass is 156 g/mol. The molecule has 0 spiro atoms. The smallest absolute Gasteiger partial charge is 0.129 e. The van der Waals surface area contributed by atoms with Gasteiger partial charge in [-0.3, -0.25) is 0 Å². The largest absolute Gasteiger partial charge is 0.149 e. The molecule has 0 aromatic carbocycles. The van der Waals surface area contributed by atoms with Gasteiger partial charge in [-0.05, 0) is 0 Å². The van der Waals surface area contributed by atoms with Crippen LogP contribution in [-0.2, 0) is 0 Å². The molecule has 0 atom stereocenters. The Kier molecular flexibility index (Phi) is 7.85. The summed E-state index contributed by atoms with van der Waals surface area (Å²) >= 11 is 0. The molecule has 0 aliphatic heterocycles. The zero-order valence-electron chi connectivity index (χ0n) is 9.14. The molecule has 0 radical (unpaired) electrons. The van der Waals surface area contributed by atoms with Gasteiger partial charge in [-0.2, -0.15) is 0 Å². The highest BCUT2D eigenvalue weighted by atomic mass is 13.6. The highest BCUT2D eigenvalue weighted by Gasteiger charge is 2.06. The lowest BCUT2D eigenvalue weighted by molar-refractivity contribution is 1.78. The molecule has 0 aromatic heterocycles. The third-order valence-electron chi connectivity index (χ3n) is 2.75. The van der Waals surface area contributed by atoms with E-state index in [1.807, 2.05) is 0 Å². The van der Waals surface area contributed by atoms with E-state index in [0.29, 0.717) is 0 Å². The lowest BCUT2D eigenvalue weighted by atomic mass is 9.32. The Balaban J connectivity index is 3.83. The van der Waals surface area contributed by atoms with E-state index >= 15 is 0 Å². The average Bonchev–Trinajstić information content (AvgIpc) is 2.13. The normalized spacial score (nSPS) is 10.3. The first-order valence-corrected chi connectivity index (χ1v) is 5.46. The van der Waals surface area contributed by atoms with Crippen LogP contribution < -0.4 is 0 Å². The summed E-state index contributed by atoms with van der Waals surface area (Å²) in [6, 6.07) is 0. The SMILES string of the molecule is BCB(/C=C/B(CB)CB)CB. The van der Waals surface area contributed by atoms with Crippen LogP contribution in [0.4, 0.5) is 0 Å². The Morgan fingerprint density at radius 1 is 0.667 bits per heavy atom. The first kappa shape index (κ1) is 12.1. The van der Waals surface area contributed by atoms with Crippen molar-refractivity contribution in [2.75, 3.05) is 0 Å². The maximum Gasteiger partial charge on any atom is 0.149 e. The minimum absolute atomic E-state index is 0.811. The molecule has 0 aliphatic rings. The molecule has 0 aromatic rings. The van der Waals surface area contributed by atoms with Crippen molar-refractivity contribution >= 4 is 44.8 Å². The summed E-state index contributed by atoms with van der Waals surface area (Å²) in [5, 5.41) is 0. The van der Waals surface area contributed by atoms with Crippen LogP contribution in [0.25, 0.3) is 0 Å². The number of hydrogen-bond donors (Lipinski definition) is 0. The Labute approximate surface area is 82.1 Å². The second-order valence-corrected chi connectivity index (χ2v) is 3.54. The molecule has 0 aliphatic carbocycles. The first-order valence-electron chi connectivity index (χ1n) is 5.46. The number of rotatable bonds is 6. The van der Waals surface area contributed by atoms with Gasteiger partial charge >= 0.3 is 0 Å². The maximum atomic E-state index is 2.41. The molecule has 0 saturated carbocycles. The van der Waals surface area contributed by atoms with Gasteiger partial charge in [-0.25, -0.2) is 0 Å². The lowest BCUT2D eigenvalue weighted by Crippen LogP contribution is -2.13. The Hall–Kier alpha value is 0.130. The third kappa shape index (κ3) is 4.90. The summed E-state index contributed by atoms with van der Waals surface area (Å²) in [5.74, 6) is 4.83. The highest BCUT2D eigenvalue weighted by molar-refractivity contribution is 6.79. The second kappa shape index (κ2) is 7.76. The van der Waals surface area contributed by atoms with Gasteiger partial charge in [0.15, 0.2) is 0 Å². The summed E-state index contributed by atoms with van der Waals surface area (Å²) < 4.78 is 0. The van der Waals surface area contributed by atoms with E-state index in [1.54, 1.807) is 0 Å². The molecule has 0 bridgehead atoms. The first-order chi connectivity index (χ1) is 5.78. The summed E-state index contributed by atoms with van der Waals surface area (Å²) in [6.45, 7) is 1.62. The van der Waals surface area contributed by atoms with E-state index in [9.17, 15) is 0 Å². The van der Waals surface area contributed by atoms with Crippen LogP contribution in [0.15, 0.2) is 12.0 Å². The van der Waals surface area contributed by atoms with Crippen molar-refractivity contribution in [1.29, 1.82) is 0 Å². The van der Waals surface area contributed by atoms with Crippen LogP contribution in [-0.4, -0.2) is 44.8 Å². The predicted molar refractivity (Wildman–Crippen MR) is 74.1 cm³/mol. The van der Waals surface area contributed by atoms with Crippen molar-refractivity contribution in [2.24, 2.45) is 0 Å². The van der Waals surface area contributed by atoms with E-state index in [4.69, 9.17) is 0 Å². The lowest BCUT2D eigenvalue weighted by Gasteiger charge is -2.04. The summed E-state index contributed by atoms with van der Waals surface area (Å²) in [5.41, 5.74) is 0. The topological polar surface area (TPSA) is 0 Å². The van der Waals surface area contributed by atoms with Gasteiger partial charge in [0.2, 0.25) is 0 Å². The minimum atomic E-state index is 0.811. The Bertz CT molecular complexity index is 103. The van der Waals surface area contributed by atoms with Crippen molar-refractivity contribution in [3.05, 3.63) is 12.0 Å². The van der Waals surface area contributed by atoms with E-state index in [1.165, 1.54) is 24.9 Å². The van der Waals surface area contributed by atoms with Crippen LogP contribution in [0.3, 0.4) is 0 Å². The second-order valence-electron chi connectivity index (χ2n) is 3.54. The van der Waals surface area contributed by atoms with Gasteiger partial charge in [0.1, 0.15) is 13.4 Å². The Morgan fingerprint density at radius 2 is 0.917 bits per heavy atom. The van der Waals surface area contributed by atoms with Crippen molar-refractivity contribution in [3.63, 3.8) is 0 Å². The quantitative estimate of drug-likeness (QED) is 0.388. The fourth-order valence-electron chi connectivity index (χ4n) is 1.44. The summed E-state index contributed by atoms with van der Waals surface area (Å²) in [7, 11) is 9.08. The van der Waals surface area contributed by atoms with Gasteiger partial charge in [0.05, 0.1) is 31.4 Å². The van der Waals surface area contributed by atoms with Gasteiger partial charge < -0.3 is 0 Å². The number of hydrogen-bond acceptors (Lipinski definition) is 0. The standard InChI is InChI=1S/C6H18B6/c7-3-11(4-8)1-2-12(5-9)6-10/h1-2H,3-10H2/b2-1+.